The molecule has 0 saturated carbocycles. The molecule has 0 radical (unpaired) electrons. The van der Waals surface area contributed by atoms with Crippen LogP contribution in [0.4, 0.5) is 0 Å². The number of pyridine rings is 1. The first-order valence-corrected chi connectivity index (χ1v) is 6.58. The molecule has 2 unspecified atom stereocenters. The Morgan fingerprint density at radius 3 is 2.80 bits per heavy atom. The molecule has 2 N–H and O–H groups in total. The third-order valence-corrected chi connectivity index (χ3v) is 3.81. The lowest BCUT2D eigenvalue weighted by Gasteiger charge is -2.19. The molecule has 0 aliphatic heterocycles. The standard InChI is InChI=1S/C12H20N2S/c1-3-4-9-15-12(10(2)13)11-7-5-6-8-14-11/h5-8,10,12H,3-4,9,13H2,1-2H3. The van der Waals surface area contributed by atoms with Crippen LogP contribution >= 0.6 is 11.8 Å². The first-order valence-electron chi connectivity index (χ1n) is 5.53. The maximum Gasteiger partial charge on any atom is 0.0618 e. The van der Waals surface area contributed by atoms with Gasteiger partial charge in [-0.1, -0.05) is 19.4 Å². The van der Waals surface area contributed by atoms with Crippen molar-refractivity contribution in [2.75, 3.05) is 5.75 Å². The molecule has 1 heterocycles. The Balaban J connectivity index is 2.58. The van der Waals surface area contributed by atoms with Crippen LogP contribution in [0.5, 0.6) is 0 Å². The maximum absolute atomic E-state index is 5.99. The Morgan fingerprint density at radius 2 is 2.27 bits per heavy atom. The molecule has 1 rings (SSSR count). The van der Waals surface area contributed by atoms with Crippen LogP contribution < -0.4 is 5.73 Å². The molecular formula is C12H20N2S. The SMILES string of the molecule is CCCCSC(c1ccccn1)C(C)N. The Morgan fingerprint density at radius 1 is 1.47 bits per heavy atom. The van der Waals surface area contributed by atoms with Crippen molar-refractivity contribution in [1.29, 1.82) is 0 Å². The molecule has 84 valence electrons. The Kier molecular flexibility index (Phi) is 5.73. The molecule has 2 nitrogen and oxygen atoms in total. The molecule has 2 atom stereocenters. The van der Waals surface area contributed by atoms with E-state index in [1.165, 1.54) is 18.6 Å². The summed E-state index contributed by atoms with van der Waals surface area (Å²) in [5.41, 5.74) is 7.10. The zero-order chi connectivity index (χ0) is 11.1. The van der Waals surface area contributed by atoms with Gasteiger partial charge in [0.25, 0.3) is 0 Å². The quantitative estimate of drug-likeness (QED) is 0.755. The number of hydrogen-bond donors (Lipinski definition) is 1. The van der Waals surface area contributed by atoms with Gasteiger partial charge in [0, 0.05) is 12.2 Å². The summed E-state index contributed by atoms with van der Waals surface area (Å²) in [5.74, 6) is 1.17. The topological polar surface area (TPSA) is 38.9 Å². The molecule has 15 heavy (non-hydrogen) atoms. The number of unbranched alkanes of at least 4 members (excludes halogenated alkanes) is 1. The van der Waals surface area contributed by atoms with E-state index in [1.807, 2.05) is 30.1 Å². The molecular weight excluding hydrogens is 204 g/mol. The number of rotatable bonds is 6. The molecule has 0 bridgehead atoms. The second-order valence-corrected chi connectivity index (χ2v) is 5.01. The fourth-order valence-electron chi connectivity index (χ4n) is 1.41. The van der Waals surface area contributed by atoms with Crippen molar-refractivity contribution in [2.45, 2.75) is 38.0 Å². The van der Waals surface area contributed by atoms with Gasteiger partial charge in [-0.3, -0.25) is 4.98 Å². The largest absolute Gasteiger partial charge is 0.327 e. The molecule has 3 heteroatoms. The normalized spacial score (nSPS) is 14.9. The van der Waals surface area contributed by atoms with Gasteiger partial charge in [0.15, 0.2) is 0 Å². The lowest BCUT2D eigenvalue weighted by atomic mass is 10.2. The summed E-state index contributed by atoms with van der Waals surface area (Å²) in [6, 6.07) is 6.19. The molecule has 1 aromatic heterocycles. The zero-order valence-corrected chi connectivity index (χ0v) is 10.3. The molecule has 1 aromatic rings. The van der Waals surface area contributed by atoms with E-state index in [0.717, 1.165) is 5.69 Å². The number of nitrogens with zero attached hydrogens (tertiary/aromatic N) is 1. The van der Waals surface area contributed by atoms with Gasteiger partial charge < -0.3 is 5.73 Å². The highest BCUT2D eigenvalue weighted by Gasteiger charge is 2.17. The third-order valence-electron chi connectivity index (χ3n) is 2.25. The van der Waals surface area contributed by atoms with E-state index in [2.05, 4.69) is 24.9 Å². The molecule has 0 aliphatic carbocycles. The highest BCUT2D eigenvalue weighted by Crippen LogP contribution is 2.30. The van der Waals surface area contributed by atoms with E-state index >= 15 is 0 Å². The van der Waals surface area contributed by atoms with Crippen molar-refractivity contribution in [3.8, 4) is 0 Å². The van der Waals surface area contributed by atoms with Gasteiger partial charge in [-0.2, -0.15) is 11.8 Å². The van der Waals surface area contributed by atoms with Crippen molar-refractivity contribution < 1.29 is 0 Å². The summed E-state index contributed by atoms with van der Waals surface area (Å²) in [4.78, 5) is 4.38. The summed E-state index contributed by atoms with van der Waals surface area (Å²) in [6.07, 6.45) is 4.33. The van der Waals surface area contributed by atoms with Crippen molar-refractivity contribution in [2.24, 2.45) is 5.73 Å². The Bertz CT molecular complexity index is 262. The minimum absolute atomic E-state index is 0.154. The van der Waals surface area contributed by atoms with Crippen molar-refractivity contribution in [3.63, 3.8) is 0 Å². The van der Waals surface area contributed by atoms with E-state index in [-0.39, 0.29) is 6.04 Å². The van der Waals surface area contributed by atoms with Crippen LogP contribution in [0.1, 0.15) is 37.6 Å². The fourth-order valence-corrected chi connectivity index (χ4v) is 2.73. The molecule has 0 aliphatic rings. The van der Waals surface area contributed by atoms with Crippen LogP contribution in [0.25, 0.3) is 0 Å². The number of aromatic nitrogens is 1. The monoisotopic (exact) mass is 224 g/mol. The number of hydrogen-bond acceptors (Lipinski definition) is 3. The van der Waals surface area contributed by atoms with Crippen molar-refractivity contribution in [3.05, 3.63) is 30.1 Å². The van der Waals surface area contributed by atoms with Gasteiger partial charge >= 0.3 is 0 Å². The summed E-state index contributed by atoms with van der Waals surface area (Å²) < 4.78 is 0. The van der Waals surface area contributed by atoms with E-state index in [4.69, 9.17) is 5.73 Å². The molecule has 0 spiro atoms. The summed E-state index contributed by atoms with van der Waals surface area (Å²) in [7, 11) is 0. The Hall–Kier alpha value is -0.540. The van der Waals surface area contributed by atoms with Crippen LogP contribution in [-0.4, -0.2) is 16.8 Å². The van der Waals surface area contributed by atoms with Gasteiger partial charge in [0.1, 0.15) is 0 Å². The Labute approximate surface area is 96.7 Å². The minimum Gasteiger partial charge on any atom is -0.327 e. The minimum atomic E-state index is 0.154. The second-order valence-electron chi connectivity index (χ2n) is 3.76. The summed E-state index contributed by atoms with van der Waals surface area (Å²) >= 11 is 1.92. The zero-order valence-electron chi connectivity index (χ0n) is 9.52. The fraction of sp³-hybridized carbons (Fsp3) is 0.583. The van der Waals surface area contributed by atoms with Crippen LogP contribution in [0, 0.1) is 0 Å². The molecule has 0 aromatic carbocycles. The summed E-state index contributed by atoms with van der Waals surface area (Å²) in [6.45, 7) is 4.26. The lowest BCUT2D eigenvalue weighted by Crippen LogP contribution is -2.23. The first kappa shape index (κ1) is 12.5. The van der Waals surface area contributed by atoms with E-state index in [1.54, 1.807) is 0 Å². The highest BCUT2D eigenvalue weighted by atomic mass is 32.2. The predicted octanol–water partition coefficient (Wildman–Crippen LogP) is 3.00. The second kappa shape index (κ2) is 6.85. The van der Waals surface area contributed by atoms with Gasteiger partial charge in [-0.25, -0.2) is 0 Å². The van der Waals surface area contributed by atoms with Crippen LogP contribution in [-0.2, 0) is 0 Å². The van der Waals surface area contributed by atoms with Gasteiger partial charge in [0.2, 0.25) is 0 Å². The van der Waals surface area contributed by atoms with Crippen molar-refractivity contribution in [1.82, 2.24) is 4.98 Å². The van der Waals surface area contributed by atoms with E-state index in [9.17, 15) is 0 Å². The average Bonchev–Trinajstić information content (AvgIpc) is 2.25. The van der Waals surface area contributed by atoms with Crippen LogP contribution in [0.2, 0.25) is 0 Å². The lowest BCUT2D eigenvalue weighted by molar-refractivity contribution is 0.704. The molecule has 0 fully saturated rings. The van der Waals surface area contributed by atoms with Crippen LogP contribution in [0.3, 0.4) is 0 Å². The first-order chi connectivity index (χ1) is 7.25. The van der Waals surface area contributed by atoms with E-state index < -0.39 is 0 Å². The van der Waals surface area contributed by atoms with Gasteiger partial charge in [-0.15, -0.1) is 0 Å². The van der Waals surface area contributed by atoms with Gasteiger partial charge in [0.05, 0.1) is 10.9 Å². The summed E-state index contributed by atoms with van der Waals surface area (Å²) in [5, 5.41) is 0.331. The van der Waals surface area contributed by atoms with Gasteiger partial charge in [-0.05, 0) is 31.2 Å². The maximum atomic E-state index is 5.99. The average molecular weight is 224 g/mol. The number of nitrogens with two attached hydrogens (primary N) is 1. The third kappa shape index (κ3) is 4.22. The highest BCUT2D eigenvalue weighted by molar-refractivity contribution is 7.99. The van der Waals surface area contributed by atoms with E-state index in [0.29, 0.717) is 5.25 Å². The van der Waals surface area contributed by atoms with Crippen molar-refractivity contribution >= 4 is 11.8 Å². The predicted molar refractivity (Wildman–Crippen MR) is 68.0 cm³/mol. The molecule has 0 amide bonds. The van der Waals surface area contributed by atoms with Crippen LogP contribution in [0.15, 0.2) is 24.4 Å². The number of thioether (sulfide) groups is 1. The molecule has 0 saturated heterocycles. The smallest absolute Gasteiger partial charge is 0.0618 e.